The Morgan fingerprint density at radius 3 is 2.39 bits per heavy atom. The van der Waals surface area contributed by atoms with Crippen LogP contribution in [0.2, 0.25) is 0 Å². The highest BCUT2D eigenvalue weighted by atomic mass is 32.2. The van der Waals surface area contributed by atoms with E-state index in [1.165, 1.54) is 31.4 Å². The first-order chi connectivity index (χ1) is 15.5. The average Bonchev–Trinajstić information content (AvgIpc) is 2.76. The molecule has 2 aliphatic rings. The summed E-state index contributed by atoms with van der Waals surface area (Å²) in [6, 6.07) is 3.59. The van der Waals surface area contributed by atoms with E-state index in [-0.39, 0.29) is 29.2 Å². The number of fused-ring (bicyclic) bond motifs is 1. The van der Waals surface area contributed by atoms with Crippen molar-refractivity contribution >= 4 is 41.5 Å². The van der Waals surface area contributed by atoms with Gasteiger partial charge in [0.2, 0.25) is 11.0 Å². The highest BCUT2D eigenvalue weighted by molar-refractivity contribution is 8.00. The number of carboxylic acids is 2. The molecule has 33 heavy (non-hydrogen) atoms. The fourth-order valence-electron chi connectivity index (χ4n) is 3.60. The molecule has 3 rings (SSSR count). The first-order valence-electron chi connectivity index (χ1n) is 9.47. The molecule has 2 amide bonds. The van der Waals surface area contributed by atoms with E-state index in [1.54, 1.807) is 0 Å². The number of nitrogens with zero attached hydrogens (tertiary/aromatic N) is 1. The van der Waals surface area contributed by atoms with E-state index in [0.29, 0.717) is 0 Å². The Morgan fingerprint density at radius 2 is 1.88 bits per heavy atom. The number of hydrogen-bond acceptors (Lipinski definition) is 9. The van der Waals surface area contributed by atoms with E-state index >= 15 is 0 Å². The number of benzene rings is 1. The molecule has 0 spiro atoms. The zero-order valence-corrected chi connectivity index (χ0v) is 18.2. The lowest BCUT2D eigenvalue weighted by molar-refractivity contribution is -0.187. The van der Waals surface area contributed by atoms with Crippen LogP contribution in [-0.2, 0) is 33.4 Å². The molecule has 0 radical (unpaired) electrons. The molecule has 1 fully saturated rings. The molecule has 2 unspecified atom stereocenters. The van der Waals surface area contributed by atoms with Gasteiger partial charge in [0.15, 0.2) is 12.0 Å². The van der Waals surface area contributed by atoms with Crippen LogP contribution < -0.4 is 5.32 Å². The number of phenolic OH excluding ortho intramolecular Hbond substituents is 1. The molecule has 2 heterocycles. The second kappa shape index (κ2) is 9.11. The van der Waals surface area contributed by atoms with Gasteiger partial charge in [-0.1, -0.05) is 23.9 Å². The molecule has 4 N–H and O–H groups in total. The highest BCUT2D eigenvalue weighted by Gasteiger charge is 2.67. The zero-order valence-electron chi connectivity index (χ0n) is 17.4. The lowest BCUT2D eigenvalue weighted by Gasteiger charge is -2.57. The average molecular weight is 480 g/mol. The van der Waals surface area contributed by atoms with Crippen LogP contribution in [-0.4, -0.2) is 80.5 Å². The molecule has 0 saturated carbocycles. The van der Waals surface area contributed by atoms with Gasteiger partial charge in [0.1, 0.15) is 18.1 Å². The maximum absolute atomic E-state index is 12.9. The molecule has 0 bridgehead atoms. The third kappa shape index (κ3) is 4.24. The number of carbonyl (C=O) groups is 5. The summed E-state index contributed by atoms with van der Waals surface area (Å²) >= 11 is 0.988. The fourth-order valence-corrected chi connectivity index (χ4v) is 4.95. The Morgan fingerprint density at radius 1 is 1.24 bits per heavy atom. The molecule has 1 aromatic rings. The molecular formula is C20H20N2O10S. The second-order valence-corrected chi connectivity index (χ2v) is 8.30. The largest absolute Gasteiger partial charge is 0.508 e. The van der Waals surface area contributed by atoms with Crippen molar-refractivity contribution in [1.82, 2.24) is 10.2 Å². The van der Waals surface area contributed by atoms with Gasteiger partial charge in [-0.05, 0) is 17.7 Å². The van der Waals surface area contributed by atoms with Crippen molar-refractivity contribution in [2.24, 2.45) is 0 Å². The molecule has 176 valence electrons. The molecule has 0 aromatic heterocycles. The summed E-state index contributed by atoms with van der Waals surface area (Å²) in [5.74, 6) is -7.22. The lowest BCUT2D eigenvalue weighted by atomic mass is 9.95. The number of esters is 1. The number of aromatic hydroxyl groups is 1. The molecule has 1 saturated heterocycles. The quantitative estimate of drug-likeness (QED) is 0.220. The number of amides is 2. The number of rotatable bonds is 8. The van der Waals surface area contributed by atoms with Gasteiger partial charge in [-0.2, -0.15) is 0 Å². The van der Waals surface area contributed by atoms with Gasteiger partial charge in [-0.25, -0.2) is 4.79 Å². The van der Waals surface area contributed by atoms with Crippen LogP contribution in [0.3, 0.4) is 0 Å². The van der Waals surface area contributed by atoms with E-state index in [4.69, 9.17) is 9.47 Å². The summed E-state index contributed by atoms with van der Waals surface area (Å²) in [7, 11) is 1.22. The Kier molecular flexibility index (Phi) is 6.65. The minimum atomic E-state index is -1.69. The van der Waals surface area contributed by atoms with Crippen LogP contribution in [0.1, 0.15) is 18.4 Å². The zero-order chi connectivity index (χ0) is 24.5. The number of ether oxygens (including phenoxy) is 2. The van der Waals surface area contributed by atoms with Gasteiger partial charge >= 0.3 is 17.9 Å². The van der Waals surface area contributed by atoms with E-state index < -0.39 is 52.4 Å². The van der Waals surface area contributed by atoms with Gasteiger partial charge < -0.3 is 30.1 Å². The first-order valence-corrected chi connectivity index (χ1v) is 10.5. The van der Waals surface area contributed by atoms with Crippen molar-refractivity contribution in [3.8, 4) is 5.75 Å². The van der Waals surface area contributed by atoms with Crippen LogP contribution in [0.15, 0.2) is 35.5 Å². The fraction of sp³-hybridized carbons (Fsp3) is 0.350. The Labute approximate surface area is 191 Å². The number of nitrogens with one attached hydrogen (secondary N) is 1. The Balaban J connectivity index is 1.89. The summed E-state index contributed by atoms with van der Waals surface area (Å²) in [6.45, 7) is 0.816. The van der Waals surface area contributed by atoms with Crippen LogP contribution in [0, 0.1) is 0 Å². The van der Waals surface area contributed by atoms with E-state index in [9.17, 15) is 39.3 Å². The second-order valence-electron chi connectivity index (χ2n) is 7.14. The minimum Gasteiger partial charge on any atom is -0.508 e. The van der Waals surface area contributed by atoms with Crippen LogP contribution in [0.25, 0.3) is 0 Å². The third-order valence-corrected chi connectivity index (χ3v) is 6.61. The first kappa shape index (κ1) is 24.1. The summed E-state index contributed by atoms with van der Waals surface area (Å²) in [4.78, 5) is 61.4. The van der Waals surface area contributed by atoms with Crippen LogP contribution in [0.5, 0.6) is 5.75 Å². The molecule has 2 aliphatic heterocycles. The lowest BCUT2D eigenvalue weighted by Crippen LogP contribution is -2.79. The van der Waals surface area contributed by atoms with Crippen molar-refractivity contribution in [2.45, 2.75) is 23.9 Å². The van der Waals surface area contributed by atoms with Crippen molar-refractivity contribution in [2.75, 3.05) is 19.5 Å². The van der Waals surface area contributed by atoms with E-state index in [0.717, 1.165) is 23.6 Å². The molecular weight excluding hydrogens is 460 g/mol. The molecule has 12 nitrogen and oxygen atoms in total. The topological polar surface area (TPSA) is 180 Å². The molecule has 0 aliphatic carbocycles. The normalized spacial score (nSPS) is 22.7. The number of aliphatic carboxylic acids is 2. The van der Waals surface area contributed by atoms with Crippen molar-refractivity contribution in [3.05, 3.63) is 41.1 Å². The standard InChI is InChI=1S/C20H20N2O10S/c1-9(23)32-7-11-8-33-20(31-2)15(17(26)22(20)14(11)19(29)30)21-16(25)13(18(27)28)10-3-5-12(24)6-4-10/h3-6,13,15,24H,7-8H2,1-2H3,(H,21,25)(H,27,28)(H,29,30)/t13?,15-,20?/m1/s1. The smallest absolute Gasteiger partial charge is 0.352 e. The molecule has 3 atom stereocenters. The van der Waals surface area contributed by atoms with Gasteiger partial charge in [-0.3, -0.25) is 24.1 Å². The number of thioether (sulfide) groups is 1. The van der Waals surface area contributed by atoms with Crippen molar-refractivity contribution in [1.29, 1.82) is 0 Å². The van der Waals surface area contributed by atoms with Crippen LogP contribution >= 0.6 is 11.8 Å². The third-order valence-electron chi connectivity index (χ3n) is 5.12. The summed E-state index contributed by atoms with van der Waals surface area (Å²) < 4.78 is 10.3. The Hall–Kier alpha value is -3.58. The molecule has 13 heteroatoms. The van der Waals surface area contributed by atoms with Gasteiger partial charge in [0, 0.05) is 25.4 Å². The number of β-lactam (4-membered cyclic amide) rings is 1. The summed E-state index contributed by atoms with van der Waals surface area (Å²) in [5.41, 5.74) is -0.194. The van der Waals surface area contributed by atoms with Gasteiger partial charge in [0.25, 0.3) is 5.91 Å². The van der Waals surface area contributed by atoms with E-state index in [2.05, 4.69) is 5.32 Å². The number of phenols is 1. The van der Waals surface area contributed by atoms with Crippen molar-refractivity contribution in [3.63, 3.8) is 0 Å². The molecule has 1 aromatic carbocycles. The summed E-state index contributed by atoms with van der Waals surface area (Å²) in [5, 5.41) is 29.4. The maximum Gasteiger partial charge on any atom is 0.352 e. The van der Waals surface area contributed by atoms with Crippen molar-refractivity contribution < 1.29 is 48.8 Å². The number of carboxylic acid groups (broad SMARTS) is 2. The highest BCUT2D eigenvalue weighted by Crippen LogP contribution is 2.50. The number of hydrogen-bond donors (Lipinski definition) is 4. The van der Waals surface area contributed by atoms with Gasteiger partial charge in [-0.15, -0.1) is 0 Å². The Bertz CT molecular complexity index is 1050. The number of carbonyl (C=O) groups excluding carboxylic acids is 3. The SMILES string of the molecule is COC12SCC(COC(C)=O)=C(C(=O)O)N1C(=O)[C@H]2NC(=O)C(C(=O)O)c1ccc(O)cc1. The van der Waals surface area contributed by atoms with Gasteiger partial charge in [0.05, 0.1) is 0 Å². The monoisotopic (exact) mass is 480 g/mol. The number of methoxy groups -OCH3 is 1. The van der Waals surface area contributed by atoms with E-state index in [1.807, 2.05) is 0 Å². The van der Waals surface area contributed by atoms with Crippen LogP contribution in [0.4, 0.5) is 0 Å². The maximum atomic E-state index is 12.9. The minimum absolute atomic E-state index is 0.0131. The predicted molar refractivity (Wildman–Crippen MR) is 111 cm³/mol. The summed E-state index contributed by atoms with van der Waals surface area (Å²) in [6.07, 6.45) is 0. The predicted octanol–water partition coefficient (Wildman–Crippen LogP) is -0.164.